The number of amides is 2. The van der Waals surface area contributed by atoms with Gasteiger partial charge in [-0.25, -0.2) is 0 Å². The topological polar surface area (TPSA) is 67.4 Å². The second-order valence-corrected chi connectivity index (χ2v) is 5.20. The summed E-state index contributed by atoms with van der Waals surface area (Å²) < 4.78 is 5.13. The van der Waals surface area contributed by atoms with Crippen LogP contribution in [0.25, 0.3) is 0 Å². The molecule has 1 atom stereocenters. The lowest BCUT2D eigenvalue weighted by Gasteiger charge is -2.13. The van der Waals surface area contributed by atoms with E-state index >= 15 is 0 Å². The van der Waals surface area contributed by atoms with Crippen LogP contribution in [0.5, 0.6) is 5.75 Å². The Morgan fingerprint density at radius 1 is 1.55 bits per heavy atom. The van der Waals surface area contributed by atoms with Gasteiger partial charge in [0.1, 0.15) is 11.8 Å². The highest BCUT2D eigenvalue weighted by molar-refractivity contribution is 6.32. The predicted octanol–water partition coefficient (Wildman–Crippen LogP) is 1.55. The van der Waals surface area contributed by atoms with Gasteiger partial charge < -0.3 is 15.4 Å². The molecule has 0 spiro atoms. The zero-order valence-corrected chi connectivity index (χ0v) is 12.2. The molecule has 1 unspecified atom stereocenters. The Kier molecular flexibility index (Phi) is 4.49. The maximum absolute atomic E-state index is 11.9. The van der Waals surface area contributed by atoms with Gasteiger partial charge in [0, 0.05) is 13.0 Å². The molecule has 0 aliphatic carbocycles. The molecule has 1 fully saturated rings. The Labute approximate surface area is 122 Å². The van der Waals surface area contributed by atoms with E-state index in [0.29, 0.717) is 30.2 Å². The Bertz CT molecular complexity index is 545. The highest BCUT2D eigenvalue weighted by Crippen LogP contribution is 2.27. The van der Waals surface area contributed by atoms with Crippen molar-refractivity contribution in [1.82, 2.24) is 10.6 Å². The van der Waals surface area contributed by atoms with Gasteiger partial charge in [0.05, 0.1) is 12.1 Å². The summed E-state index contributed by atoms with van der Waals surface area (Å²) in [5.41, 5.74) is 1.91. The number of rotatable bonds is 4. The minimum absolute atomic E-state index is 0.0752. The first-order chi connectivity index (χ1) is 9.51. The molecule has 1 aromatic rings. The second-order valence-electron chi connectivity index (χ2n) is 4.79. The molecule has 0 saturated carbocycles. The molecule has 0 bridgehead atoms. The quantitative estimate of drug-likeness (QED) is 0.886. The average Bonchev–Trinajstić information content (AvgIpc) is 2.85. The highest BCUT2D eigenvalue weighted by atomic mass is 35.5. The molecule has 2 N–H and O–H groups in total. The maximum Gasteiger partial charge on any atom is 0.242 e. The summed E-state index contributed by atoms with van der Waals surface area (Å²) in [6.07, 6.45) is 0.957. The van der Waals surface area contributed by atoms with Crippen LogP contribution in [0.2, 0.25) is 5.02 Å². The fourth-order valence-corrected chi connectivity index (χ4v) is 2.42. The number of methoxy groups -OCH3 is 1. The van der Waals surface area contributed by atoms with Crippen LogP contribution < -0.4 is 15.4 Å². The molecule has 1 heterocycles. The van der Waals surface area contributed by atoms with Crippen molar-refractivity contribution in [3.05, 3.63) is 28.3 Å². The van der Waals surface area contributed by atoms with Crippen molar-refractivity contribution >= 4 is 23.4 Å². The van der Waals surface area contributed by atoms with Gasteiger partial charge in [0.2, 0.25) is 11.8 Å². The molecule has 1 aliphatic rings. The zero-order chi connectivity index (χ0) is 14.7. The second kappa shape index (κ2) is 6.13. The smallest absolute Gasteiger partial charge is 0.242 e. The lowest BCUT2D eigenvalue weighted by molar-refractivity contribution is -0.125. The van der Waals surface area contributed by atoms with E-state index in [0.717, 1.165) is 11.1 Å². The van der Waals surface area contributed by atoms with Gasteiger partial charge in [0.15, 0.2) is 0 Å². The molecule has 0 aromatic heterocycles. The summed E-state index contributed by atoms with van der Waals surface area (Å²) in [4.78, 5) is 23.0. The molecule has 20 heavy (non-hydrogen) atoms. The summed E-state index contributed by atoms with van der Waals surface area (Å²) in [6.45, 7) is 2.30. The summed E-state index contributed by atoms with van der Waals surface area (Å²) in [5, 5.41) is 5.96. The molecule has 1 aromatic carbocycles. The third-order valence-corrected chi connectivity index (χ3v) is 3.67. The number of ether oxygens (including phenoxy) is 1. The van der Waals surface area contributed by atoms with Gasteiger partial charge >= 0.3 is 0 Å². The van der Waals surface area contributed by atoms with Gasteiger partial charge in [-0.2, -0.15) is 0 Å². The molecular weight excluding hydrogens is 280 g/mol. The van der Waals surface area contributed by atoms with Gasteiger partial charge in [-0.3, -0.25) is 9.59 Å². The fourth-order valence-electron chi connectivity index (χ4n) is 2.16. The first-order valence-corrected chi connectivity index (χ1v) is 6.79. The number of hydrogen-bond acceptors (Lipinski definition) is 3. The van der Waals surface area contributed by atoms with Crippen LogP contribution >= 0.6 is 11.6 Å². The Balaban J connectivity index is 1.98. The zero-order valence-electron chi connectivity index (χ0n) is 11.5. The monoisotopic (exact) mass is 296 g/mol. The van der Waals surface area contributed by atoms with Crippen LogP contribution in [0, 0.1) is 6.92 Å². The molecule has 2 rings (SSSR count). The van der Waals surface area contributed by atoms with Crippen molar-refractivity contribution in [3.8, 4) is 5.75 Å². The number of hydrogen-bond donors (Lipinski definition) is 2. The van der Waals surface area contributed by atoms with Crippen molar-refractivity contribution in [1.29, 1.82) is 0 Å². The Morgan fingerprint density at radius 3 is 2.90 bits per heavy atom. The summed E-state index contributed by atoms with van der Waals surface area (Å²) in [6, 6.07) is 3.20. The number of benzene rings is 1. The van der Waals surface area contributed by atoms with E-state index in [-0.39, 0.29) is 11.8 Å². The van der Waals surface area contributed by atoms with E-state index in [4.69, 9.17) is 16.3 Å². The number of aryl methyl sites for hydroxylation is 1. The molecule has 0 radical (unpaired) electrons. The minimum atomic E-state index is -0.420. The maximum atomic E-state index is 11.9. The Morgan fingerprint density at radius 2 is 2.30 bits per heavy atom. The summed E-state index contributed by atoms with van der Waals surface area (Å²) >= 11 is 6.07. The first kappa shape index (κ1) is 14.7. The van der Waals surface area contributed by atoms with Gasteiger partial charge in [-0.1, -0.05) is 11.6 Å². The number of carbonyl (C=O) groups excluding carboxylic acids is 2. The first-order valence-electron chi connectivity index (χ1n) is 6.41. The van der Waals surface area contributed by atoms with Crippen molar-refractivity contribution in [2.24, 2.45) is 0 Å². The number of carbonyl (C=O) groups is 2. The molecule has 6 heteroatoms. The molecule has 2 amide bonds. The van der Waals surface area contributed by atoms with Gasteiger partial charge in [0.25, 0.3) is 0 Å². The highest BCUT2D eigenvalue weighted by Gasteiger charge is 2.26. The van der Waals surface area contributed by atoms with Crippen LogP contribution in [-0.2, 0) is 16.1 Å². The average molecular weight is 297 g/mol. The van der Waals surface area contributed by atoms with E-state index in [1.165, 1.54) is 0 Å². The SMILES string of the molecule is COc1cc(C)c(CNC(=O)C2CCC(=O)N2)cc1Cl. The summed E-state index contributed by atoms with van der Waals surface area (Å²) in [5.74, 6) is 0.373. The van der Waals surface area contributed by atoms with Crippen molar-refractivity contribution in [2.45, 2.75) is 32.4 Å². The van der Waals surface area contributed by atoms with Crippen LogP contribution in [0.15, 0.2) is 12.1 Å². The van der Waals surface area contributed by atoms with Crippen molar-refractivity contribution in [2.75, 3.05) is 7.11 Å². The molecular formula is C14H17ClN2O3. The normalized spacial score (nSPS) is 17.8. The van der Waals surface area contributed by atoms with Crippen LogP contribution in [0.4, 0.5) is 0 Å². The van der Waals surface area contributed by atoms with Crippen molar-refractivity contribution < 1.29 is 14.3 Å². The van der Waals surface area contributed by atoms with E-state index in [2.05, 4.69) is 10.6 Å². The molecule has 108 valence electrons. The van der Waals surface area contributed by atoms with E-state index in [1.54, 1.807) is 13.2 Å². The standard InChI is InChI=1S/C14H17ClN2O3/c1-8-5-12(20-2)10(15)6-9(8)7-16-14(19)11-3-4-13(18)17-11/h5-6,11H,3-4,7H2,1-2H3,(H,16,19)(H,17,18). The van der Waals surface area contributed by atoms with E-state index < -0.39 is 6.04 Å². The van der Waals surface area contributed by atoms with Crippen LogP contribution in [0.3, 0.4) is 0 Å². The van der Waals surface area contributed by atoms with Crippen molar-refractivity contribution in [3.63, 3.8) is 0 Å². The number of halogens is 1. The lowest BCUT2D eigenvalue weighted by atomic mass is 10.1. The third-order valence-electron chi connectivity index (χ3n) is 3.38. The Hall–Kier alpha value is -1.75. The van der Waals surface area contributed by atoms with Crippen LogP contribution in [0.1, 0.15) is 24.0 Å². The van der Waals surface area contributed by atoms with E-state index in [1.807, 2.05) is 13.0 Å². The predicted molar refractivity (Wildman–Crippen MR) is 75.8 cm³/mol. The summed E-state index contributed by atoms with van der Waals surface area (Å²) in [7, 11) is 1.56. The molecule has 5 nitrogen and oxygen atoms in total. The number of nitrogens with one attached hydrogen (secondary N) is 2. The van der Waals surface area contributed by atoms with Gasteiger partial charge in [-0.05, 0) is 36.6 Å². The minimum Gasteiger partial charge on any atom is -0.495 e. The van der Waals surface area contributed by atoms with Gasteiger partial charge in [-0.15, -0.1) is 0 Å². The molecule has 1 aliphatic heterocycles. The van der Waals surface area contributed by atoms with Crippen LogP contribution in [-0.4, -0.2) is 25.0 Å². The van der Waals surface area contributed by atoms with E-state index in [9.17, 15) is 9.59 Å². The largest absolute Gasteiger partial charge is 0.495 e. The molecule has 1 saturated heterocycles. The fraction of sp³-hybridized carbons (Fsp3) is 0.429. The lowest BCUT2D eigenvalue weighted by Crippen LogP contribution is -2.41. The third kappa shape index (κ3) is 3.22.